The summed E-state index contributed by atoms with van der Waals surface area (Å²) >= 11 is 0. The Balaban J connectivity index is 1.80. The van der Waals surface area contributed by atoms with Gasteiger partial charge in [0, 0.05) is 34.9 Å². The molecule has 1 atom stereocenters. The maximum absolute atomic E-state index is 13.6. The molecule has 2 aliphatic rings. The van der Waals surface area contributed by atoms with Crippen LogP contribution in [0.1, 0.15) is 50.7 Å². The zero-order valence-corrected chi connectivity index (χ0v) is 19.3. The van der Waals surface area contributed by atoms with Gasteiger partial charge in [0.1, 0.15) is 5.75 Å². The number of allylic oxidation sites excluding steroid dienone is 3. The number of anilines is 1. The van der Waals surface area contributed by atoms with Gasteiger partial charge >= 0.3 is 0 Å². The van der Waals surface area contributed by atoms with Crippen LogP contribution in [-0.4, -0.2) is 18.8 Å². The Morgan fingerprint density at radius 3 is 2.44 bits per heavy atom. The average Bonchev–Trinajstić information content (AvgIpc) is 2.72. The van der Waals surface area contributed by atoms with Crippen molar-refractivity contribution in [2.75, 3.05) is 12.4 Å². The molecule has 1 aliphatic carbocycles. The molecular formula is C27H30N2O3. The molecule has 0 saturated heterocycles. The molecule has 4 rings (SSSR count). The zero-order chi connectivity index (χ0) is 23.0. The first kappa shape index (κ1) is 21.9. The van der Waals surface area contributed by atoms with Crippen LogP contribution >= 0.6 is 0 Å². The van der Waals surface area contributed by atoms with Crippen LogP contribution in [0.3, 0.4) is 0 Å². The molecule has 5 nitrogen and oxygen atoms in total. The highest BCUT2D eigenvalue weighted by atomic mass is 16.5. The van der Waals surface area contributed by atoms with Crippen molar-refractivity contribution in [1.29, 1.82) is 0 Å². The summed E-state index contributed by atoms with van der Waals surface area (Å²) in [5, 5.41) is 6.41. The van der Waals surface area contributed by atoms with E-state index in [1.54, 1.807) is 13.2 Å². The molecule has 2 N–H and O–H groups in total. The second kappa shape index (κ2) is 8.30. The van der Waals surface area contributed by atoms with Crippen LogP contribution in [0.5, 0.6) is 5.75 Å². The first-order valence-corrected chi connectivity index (χ1v) is 10.9. The number of amides is 1. The Morgan fingerprint density at radius 1 is 1.06 bits per heavy atom. The fourth-order valence-electron chi connectivity index (χ4n) is 4.77. The highest BCUT2D eigenvalue weighted by Gasteiger charge is 2.42. The molecule has 32 heavy (non-hydrogen) atoms. The van der Waals surface area contributed by atoms with E-state index in [2.05, 4.69) is 24.5 Å². The molecular weight excluding hydrogens is 400 g/mol. The lowest BCUT2D eigenvalue weighted by Crippen LogP contribution is -2.39. The molecule has 0 radical (unpaired) electrons. The number of rotatable bonds is 4. The third kappa shape index (κ3) is 4.07. The minimum atomic E-state index is -0.412. The standard InChI is InChI=1S/C27H30N2O3/c1-16-10-12-18(13-11-16)24-23(26(31)29-19-8-6-7-9-22(19)32-5)17(2)28-20-14-27(3,4)15-21(30)25(20)24/h6-13,24,28H,14-15H2,1-5H3,(H,29,31)/t24-/m1/s1. The van der Waals surface area contributed by atoms with Crippen molar-refractivity contribution in [1.82, 2.24) is 5.32 Å². The number of aryl methyl sites for hydroxylation is 1. The lowest BCUT2D eigenvalue weighted by molar-refractivity contribution is -0.118. The van der Waals surface area contributed by atoms with E-state index in [-0.39, 0.29) is 17.1 Å². The number of hydrogen-bond acceptors (Lipinski definition) is 4. The van der Waals surface area contributed by atoms with E-state index >= 15 is 0 Å². The highest BCUT2D eigenvalue weighted by Crippen LogP contribution is 2.46. The van der Waals surface area contributed by atoms with E-state index in [1.807, 2.05) is 56.3 Å². The lowest BCUT2D eigenvalue weighted by Gasteiger charge is -2.39. The van der Waals surface area contributed by atoms with Crippen LogP contribution in [0.25, 0.3) is 0 Å². The minimum absolute atomic E-state index is 0.101. The second-order valence-electron chi connectivity index (χ2n) is 9.49. The molecule has 166 valence electrons. The van der Waals surface area contributed by atoms with Gasteiger partial charge in [-0.1, -0.05) is 55.8 Å². The van der Waals surface area contributed by atoms with Crippen LogP contribution in [0.2, 0.25) is 0 Å². The van der Waals surface area contributed by atoms with Crippen LogP contribution in [-0.2, 0) is 9.59 Å². The molecule has 0 saturated carbocycles. The predicted molar refractivity (Wildman–Crippen MR) is 126 cm³/mol. The van der Waals surface area contributed by atoms with Gasteiger partial charge in [-0.3, -0.25) is 9.59 Å². The number of ketones is 1. The van der Waals surface area contributed by atoms with Crippen molar-refractivity contribution in [3.05, 3.63) is 82.2 Å². The van der Waals surface area contributed by atoms with Crippen LogP contribution in [0, 0.1) is 12.3 Å². The Kier molecular flexibility index (Phi) is 5.68. The highest BCUT2D eigenvalue weighted by molar-refractivity contribution is 6.10. The topological polar surface area (TPSA) is 67.4 Å². The maximum Gasteiger partial charge on any atom is 0.254 e. The molecule has 1 aliphatic heterocycles. The molecule has 0 bridgehead atoms. The smallest absolute Gasteiger partial charge is 0.254 e. The quantitative estimate of drug-likeness (QED) is 0.696. The maximum atomic E-state index is 13.6. The third-order valence-electron chi connectivity index (χ3n) is 6.25. The van der Waals surface area contributed by atoms with E-state index in [1.165, 1.54) is 0 Å². The molecule has 1 heterocycles. The SMILES string of the molecule is COc1ccccc1NC(=O)C1=C(C)NC2=C(C(=O)CC(C)(C)C2)[C@@H]1c1ccc(C)cc1. The van der Waals surface area contributed by atoms with E-state index in [4.69, 9.17) is 4.74 Å². The number of benzene rings is 2. The summed E-state index contributed by atoms with van der Waals surface area (Å²) < 4.78 is 5.40. The van der Waals surface area contributed by atoms with E-state index < -0.39 is 5.92 Å². The van der Waals surface area contributed by atoms with Gasteiger partial charge in [-0.05, 0) is 43.4 Å². The van der Waals surface area contributed by atoms with Crippen molar-refractivity contribution >= 4 is 17.4 Å². The summed E-state index contributed by atoms with van der Waals surface area (Å²) in [6.45, 7) is 8.16. The fourth-order valence-corrected chi connectivity index (χ4v) is 4.77. The summed E-state index contributed by atoms with van der Waals surface area (Å²) in [6, 6.07) is 15.4. The Bertz CT molecular complexity index is 1140. The van der Waals surface area contributed by atoms with Crippen molar-refractivity contribution < 1.29 is 14.3 Å². The van der Waals surface area contributed by atoms with Crippen molar-refractivity contribution in [3.8, 4) is 5.75 Å². The van der Waals surface area contributed by atoms with Gasteiger partial charge in [-0.25, -0.2) is 0 Å². The van der Waals surface area contributed by atoms with E-state index in [9.17, 15) is 9.59 Å². The number of Topliss-reactive ketones (excluding diaryl/α,β-unsaturated/α-hetero) is 1. The van der Waals surface area contributed by atoms with Crippen LogP contribution in [0.15, 0.2) is 71.1 Å². The number of dihydropyridines is 1. The average molecular weight is 431 g/mol. The molecule has 0 spiro atoms. The van der Waals surface area contributed by atoms with Gasteiger partial charge in [-0.2, -0.15) is 0 Å². The first-order valence-electron chi connectivity index (χ1n) is 10.9. The normalized spacial score (nSPS) is 19.9. The molecule has 0 unspecified atom stereocenters. The predicted octanol–water partition coefficient (Wildman–Crippen LogP) is 5.25. The van der Waals surface area contributed by atoms with Crippen molar-refractivity contribution in [3.63, 3.8) is 0 Å². The number of nitrogens with one attached hydrogen (secondary N) is 2. The van der Waals surface area contributed by atoms with Gasteiger partial charge in [0.2, 0.25) is 0 Å². The summed E-state index contributed by atoms with van der Waals surface area (Å²) in [7, 11) is 1.58. The summed E-state index contributed by atoms with van der Waals surface area (Å²) in [6.07, 6.45) is 1.24. The second-order valence-corrected chi connectivity index (χ2v) is 9.49. The first-order chi connectivity index (χ1) is 15.2. The number of hydrogen-bond donors (Lipinski definition) is 2. The Labute approximate surface area is 189 Å². The molecule has 5 heteroatoms. The fraction of sp³-hybridized carbons (Fsp3) is 0.333. The van der Waals surface area contributed by atoms with Crippen molar-refractivity contribution in [2.24, 2.45) is 5.41 Å². The third-order valence-corrected chi connectivity index (χ3v) is 6.25. The van der Waals surface area contributed by atoms with Gasteiger partial charge in [0.25, 0.3) is 5.91 Å². The van der Waals surface area contributed by atoms with Crippen molar-refractivity contribution in [2.45, 2.75) is 46.5 Å². The number of methoxy groups -OCH3 is 1. The van der Waals surface area contributed by atoms with Gasteiger partial charge < -0.3 is 15.4 Å². The monoisotopic (exact) mass is 430 g/mol. The van der Waals surface area contributed by atoms with E-state index in [0.717, 1.165) is 28.9 Å². The summed E-state index contributed by atoms with van der Waals surface area (Å²) in [5.41, 5.74) is 5.54. The molecule has 2 aromatic carbocycles. The molecule has 2 aromatic rings. The summed E-state index contributed by atoms with van der Waals surface area (Å²) in [4.78, 5) is 27.0. The number of para-hydroxylation sites is 2. The Morgan fingerprint density at radius 2 is 1.75 bits per heavy atom. The van der Waals surface area contributed by atoms with E-state index in [0.29, 0.717) is 29.0 Å². The largest absolute Gasteiger partial charge is 0.495 e. The van der Waals surface area contributed by atoms with Gasteiger partial charge in [0.05, 0.1) is 12.8 Å². The minimum Gasteiger partial charge on any atom is -0.495 e. The lowest BCUT2D eigenvalue weighted by atomic mass is 9.68. The number of ether oxygens (including phenoxy) is 1. The van der Waals surface area contributed by atoms with Gasteiger partial charge in [-0.15, -0.1) is 0 Å². The van der Waals surface area contributed by atoms with Gasteiger partial charge in [0.15, 0.2) is 5.78 Å². The van der Waals surface area contributed by atoms with Crippen LogP contribution in [0.4, 0.5) is 5.69 Å². The number of carbonyl (C=O) groups is 2. The molecule has 0 fully saturated rings. The van der Waals surface area contributed by atoms with Crippen LogP contribution < -0.4 is 15.4 Å². The Hall–Kier alpha value is -3.34. The molecule has 1 amide bonds. The molecule has 0 aromatic heterocycles. The number of carbonyl (C=O) groups excluding carboxylic acids is 2. The summed E-state index contributed by atoms with van der Waals surface area (Å²) in [5.74, 6) is 0.0361. The zero-order valence-electron chi connectivity index (χ0n) is 19.3.